The molecule has 1 heterocycles. The molecule has 21 heavy (non-hydrogen) atoms. The van der Waals surface area contributed by atoms with Gasteiger partial charge in [-0.15, -0.1) is 0 Å². The number of H-pyrrole nitrogens is 1. The first kappa shape index (κ1) is 15.1. The lowest BCUT2D eigenvalue weighted by Crippen LogP contribution is -2.12. The molecule has 2 rings (SSSR count). The van der Waals surface area contributed by atoms with Crippen molar-refractivity contribution in [3.63, 3.8) is 0 Å². The second-order valence-corrected chi connectivity index (χ2v) is 5.01. The first-order valence-electron chi connectivity index (χ1n) is 6.14. The van der Waals surface area contributed by atoms with Crippen molar-refractivity contribution in [1.29, 1.82) is 0 Å². The lowest BCUT2D eigenvalue weighted by atomic mass is 10.1. The number of benzene rings is 1. The molecule has 0 radical (unpaired) electrons. The number of nitro groups is 1. The van der Waals surface area contributed by atoms with Crippen molar-refractivity contribution in [3.8, 4) is 5.75 Å². The number of nitrogens with zero attached hydrogens (tertiary/aromatic N) is 1. The van der Waals surface area contributed by atoms with Gasteiger partial charge in [0.25, 0.3) is 0 Å². The van der Waals surface area contributed by atoms with Crippen LogP contribution in [0.3, 0.4) is 0 Å². The van der Waals surface area contributed by atoms with E-state index in [1.54, 1.807) is 13.0 Å². The molecule has 0 fully saturated rings. The van der Waals surface area contributed by atoms with Gasteiger partial charge in [0, 0.05) is 28.0 Å². The molecular formula is C14H13ClN2O4. The highest BCUT2D eigenvalue weighted by atomic mass is 35.5. The first-order chi connectivity index (χ1) is 9.88. The van der Waals surface area contributed by atoms with Gasteiger partial charge in [-0.25, -0.2) is 0 Å². The molecule has 1 aromatic heterocycles. The molecule has 0 amide bonds. The number of carbonyl (C=O) groups is 1. The number of ketones is 1. The molecule has 0 bridgehead atoms. The Hall–Kier alpha value is -2.34. The Kier molecular flexibility index (Phi) is 4.28. The summed E-state index contributed by atoms with van der Waals surface area (Å²) in [5.41, 5.74) is 1.86. The molecule has 0 aliphatic heterocycles. The van der Waals surface area contributed by atoms with Gasteiger partial charge in [-0.1, -0.05) is 11.6 Å². The van der Waals surface area contributed by atoms with Crippen molar-refractivity contribution in [2.24, 2.45) is 0 Å². The predicted octanol–water partition coefficient (Wildman–Crippen LogP) is 3.45. The Balaban J connectivity index is 2.15. The predicted molar refractivity (Wildman–Crippen MR) is 78.2 cm³/mol. The first-order valence-corrected chi connectivity index (χ1v) is 6.52. The fourth-order valence-electron chi connectivity index (χ4n) is 1.99. The second-order valence-electron chi connectivity index (χ2n) is 4.57. The molecule has 2 aromatic rings. The number of rotatable bonds is 5. The number of halogens is 1. The number of aromatic nitrogens is 1. The highest BCUT2D eigenvalue weighted by Gasteiger charge is 2.18. The molecule has 1 N–H and O–H groups in total. The Morgan fingerprint density at radius 3 is 2.67 bits per heavy atom. The third-order valence-corrected chi connectivity index (χ3v) is 3.16. The highest BCUT2D eigenvalue weighted by Crippen LogP contribution is 2.30. The van der Waals surface area contributed by atoms with Crippen molar-refractivity contribution in [1.82, 2.24) is 4.98 Å². The number of nitro benzene ring substituents is 1. The molecule has 0 unspecified atom stereocenters. The van der Waals surface area contributed by atoms with E-state index in [0.29, 0.717) is 5.56 Å². The summed E-state index contributed by atoms with van der Waals surface area (Å²) in [7, 11) is 0. The number of ether oxygens (including phenoxy) is 1. The zero-order chi connectivity index (χ0) is 15.6. The topological polar surface area (TPSA) is 85.2 Å². The smallest absolute Gasteiger partial charge is 0.312 e. The zero-order valence-corrected chi connectivity index (χ0v) is 12.2. The SMILES string of the molecule is Cc1cc(C(=O)COc2ccc(Cl)cc2[N+](=O)[O-])c(C)[nH]1. The Labute approximate surface area is 125 Å². The minimum atomic E-state index is -0.600. The maximum Gasteiger partial charge on any atom is 0.312 e. The van der Waals surface area contributed by atoms with Crippen molar-refractivity contribution >= 4 is 23.1 Å². The molecule has 0 aliphatic carbocycles. The van der Waals surface area contributed by atoms with E-state index in [2.05, 4.69) is 4.98 Å². The fraction of sp³-hybridized carbons (Fsp3) is 0.214. The van der Waals surface area contributed by atoms with Crippen LogP contribution in [-0.4, -0.2) is 22.3 Å². The van der Waals surface area contributed by atoms with Crippen molar-refractivity contribution in [2.75, 3.05) is 6.61 Å². The summed E-state index contributed by atoms with van der Waals surface area (Å²) in [6, 6.07) is 5.76. The lowest BCUT2D eigenvalue weighted by molar-refractivity contribution is -0.385. The Bertz CT molecular complexity index is 709. The second kappa shape index (κ2) is 5.97. The molecule has 0 spiro atoms. The van der Waals surface area contributed by atoms with Crippen LogP contribution in [0.5, 0.6) is 5.75 Å². The van der Waals surface area contributed by atoms with E-state index in [1.165, 1.54) is 18.2 Å². The third-order valence-electron chi connectivity index (χ3n) is 2.93. The maximum absolute atomic E-state index is 12.1. The number of aryl methyl sites for hydroxylation is 2. The van der Waals surface area contributed by atoms with Gasteiger partial charge in [0.15, 0.2) is 12.4 Å². The lowest BCUT2D eigenvalue weighted by Gasteiger charge is -2.06. The van der Waals surface area contributed by atoms with Crippen LogP contribution in [0.25, 0.3) is 0 Å². The van der Waals surface area contributed by atoms with Gasteiger partial charge >= 0.3 is 5.69 Å². The largest absolute Gasteiger partial charge is 0.478 e. The monoisotopic (exact) mass is 308 g/mol. The number of Topliss-reactive ketones (excluding diaryl/α,β-unsaturated/α-hetero) is 1. The fourth-order valence-corrected chi connectivity index (χ4v) is 2.16. The third kappa shape index (κ3) is 3.41. The molecule has 0 aliphatic rings. The quantitative estimate of drug-likeness (QED) is 0.521. The summed E-state index contributed by atoms with van der Waals surface area (Å²) >= 11 is 5.71. The molecule has 7 heteroatoms. The van der Waals surface area contributed by atoms with E-state index in [-0.39, 0.29) is 28.8 Å². The summed E-state index contributed by atoms with van der Waals surface area (Å²) in [5, 5.41) is 11.2. The molecular weight excluding hydrogens is 296 g/mol. The number of hydrogen-bond acceptors (Lipinski definition) is 4. The van der Waals surface area contributed by atoms with Crippen molar-refractivity contribution in [3.05, 3.63) is 56.4 Å². The van der Waals surface area contributed by atoms with Crippen LogP contribution in [0.2, 0.25) is 5.02 Å². The molecule has 0 atom stereocenters. The molecule has 0 saturated heterocycles. The van der Waals surface area contributed by atoms with Crippen LogP contribution < -0.4 is 4.74 Å². The average Bonchev–Trinajstić information content (AvgIpc) is 2.75. The van der Waals surface area contributed by atoms with E-state index < -0.39 is 4.92 Å². The van der Waals surface area contributed by atoms with Crippen LogP contribution in [-0.2, 0) is 0 Å². The van der Waals surface area contributed by atoms with Crippen LogP contribution >= 0.6 is 11.6 Å². The summed E-state index contributed by atoms with van der Waals surface area (Å²) in [6.07, 6.45) is 0. The number of hydrogen-bond donors (Lipinski definition) is 1. The average molecular weight is 309 g/mol. The number of aromatic amines is 1. The van der Waals surface area contributed by atoms with E-state index >= 15 is 0 Å². The van der Waals surface area contributed by atoms with Gasteiger partial charge in [-0.05, 0) is 32.0 Å². The van der Waals surface area contributed by atoms with Gasteiger partial charge in [0.1, 0.15) is 0 Å². The van der Waals surface area contributed by atoms with Gasteiger partial charge < -0.3 is 9.72 Å². The normalized spacial score (nSPS) is 10.4. The molecule has 0 saturated carbocycles. The van der Waals surface area contributed by atoms with Crippen LogP contribution in [0, 0.1) is 24.0 Å². The minimum Gasteiger partial charge on any atom is -0.478 e. The number of nitrogens with one attached hydrogen (secondary N) is 1. The summed E-state index contributed by atoms with van der Waals surface area (Å²) in [4.78, 5) is 25.4. The van der Waals surface area contributed by atoms with Gasteiger partial charge in [-0.3, -0.25) is 14.9 Å². The van der Waals surface area contributed by atoms with E-state index in [0.717, 1.165) is 11.4 Å². The van der Waals surface area contributed by atoms with Crippen LogP contribution in [0.15, 0.2) is 24.3 Å². The van der Waals surface area contributed by atoms with E-state index in [9.17, 15) is 14.9 Å². The van der Waals surface area contributed by atoms with Gasteiger partial charge in [-0.2, -0.15) is 0 Å². The summed E-state index contributed by atoms with van der Waals surface area (Å²) < 4.78 is 5.27. The van der Waals surface area contributed by atoms with Crippen LogP contribution in [0.1, 0.15) is 21.7 Å². The standard InChI is InChI=1S/C14H13ClN2O4/c1-8-5-11(9(2)16-8)13(18)7-21-14-4-3-10(15)6-12(14)17(19)20/h3-6,16H,7H2,1-2H3. The van der Waals surface area contributed by atoms with Gasteiger partial charge in [0.2, 0.25) is 5.78 Å². The maximum atomic E-state index is 12.1. The number of carbonyl (C=O) groups excluding carboxylic acids is 1. The summed E-state index contributed by atoms with van der Waals surface area (Å²) in [5.74, 6) is -0.233. The molecule has 110 valence electrons. The Morgan fingerprint density at radius 1 is 1.38 bits per heavy atom. The summed E-state index contributed by atoms with van der Waals surface area (Å²) in [6.45, 7) is 3.35. The minimum absolute atomic E-state index is 0.0164. The van der Waals surface area contributed by atoms with Crippen molar-refractivity contribution < 1.29 is 14.5 Å². The molecule has 1 aromatic carbocycles. The van der Waals surface area contributed by atoms with E-state index in [1.807, 2.05) is 6.92 Å². The highest BCUT2D eigenvalue weighted by molar-refractivity contribution is 6.30. The van der Waals surface area contributed by atoms with Crippen LogP contribution in [0.4, 0.5) is 5.69 Å². The Morgan fingerprint density at radius 2 is 2.10 bits per heavy atom. The molecule has 6 nitrogen and oxygen atoms in total. The van der Waals surface area contributed by atoms with E-state index in [4.69, 9.17) is 16.3 Å². The zero-order valence-electron chi connectivity index (χ0n) is 11.5. The van der Waals surface area contributed by atoms with Gasteiger partial charge in [0.05, 0.1) is 4.92 Å². The van der Waals surface area contributed by atoms with Crippen molar-refractivity contribution in [2.45, 2.75) is 13.8 Å².